The van der Waals surface area contributed by atoms with E-state index in [0.29, 0.717) is 12.2 Å². The Bertz CT molecular complexity index is 654. The molecule has 0 saturated carbocycles. The molecule has 0 fully saturated rings. The van der Waals surface area contributed by atoms with Crippen LogP contribution in [-0.2, 0) is 9.63 Å². The summed E-state index contributed by atoms with van der Waals surface area (Å²) in [5.41, 5.74) is 1.70. The summed E-state index contributed by atoms with van der Waals surface area (Å²) in [7, 11) is 0. The van der Waals surface area contributed by atoms with E-state index in [1.807, 2.05) is 24.3 Å². The van der Waals surface area contributed by atoms with Gasteiger partial charge in [-0.25, -0.2) is 0 Å². The maximum atomic E-state index is 12.0. The highest BCUT2D eigenvalue weighted by Gasteiger charge is 2.29. The van der Waals surface area contributed by atoms with E-state index in [1.165, 1.54) is 0 Å². The molecule has 6 nitrogen and oxygen atoms in total. The fraction of sp³-hybridized carbons (Fsp3) is 0.154. The summed E-state index contributed by atoms with van der Waals surface area (Å²) < 4.78 is 0.961. The first-order chi connectivity index (χ1) is 9.72. The predicted octanol–water partition coefficient (Wildman–Crippen LogP) is 2.30. The molecular formula is C13H11BrN4O2. The van der Waals surface area contributed by atoms with Crippen LogP contribution in [0.4, 0.5) is 5.82 Å². The monoisotopic (exact) mass is 334 g/mol. The van der Waals surface area contributed by atoms with Gasteiger partial charge in [-0.05, 0) is 12.1 Å². The van der Waals surface area contributed by atoms with E-state index in [1.54, 1.807) is 12.3 Å². The number of amides is 1. The second kappa shape index (κ2) is 5.46. The van der Waals surface area contributed by atoms with E-state index in [-0.39, 0.29) is 5.91 Å². The molecule has 102 valence electrons. The smallest absolute Gasteiger partial charge is 0.269 e. The number of nitrogens with zero attached hydrogens (tertiary/aromatic N) is 2. The minimum absolute atomic E-state index is 0.247. The largest absolute Gasteiger partial charge is 0.382 e. The summed E-state index contributed by atoms with van der Waals surface area (Å²) in [6.45, 7) is 0. The number of halogens is 1. The van der Waals surface area contributed by atoms with Crippen molar-refractivity contribution in [3.63, 3.8) is 0 Å². The van der Waals surface area contributed by atoms with Gasteiger partial charge in [0.25, 0.3) is 5.91 Å². The lowest BCUT2D eigenvalue weighted by Gasteiger charge is -2.07. The molecule has 1 amide bonds. The van der Waals surface area contributed by atoms with Gasteiger partial charge in [-0.1, -0.05) is 33.2 Å². The van der Waals surface area contributed by atoms with Crippen molar-refractivity contribution in [2.75, 3.05) is 5.32 Å². The molecule has 2 N–H and O–H groups in total. The minimum Gasteiger partial charge on any atom is -0.382 e. The Morgan fingerprint density at radius 3 is 3.10 bits per heavy atom. The number of anilines is 1. The molecule has 1 aliphatic rings. The second-order valence-electron chi connectivity index (χ2n) is 4.31. The molecule has 0 bridgehead atoms. The van der Waals surface area contributed by atoms with E-state index >= 15 is 0 Å². The van der Waals surface area contributed by atoms with E-state index in [2.05, 4.69) is 36.6 Å². The Morgan fingerprint density at radius 1 is 1.45 bits per heavy atom. The van der Waals surface area contributed by atoms with Crippen molar-refractivity contribution in [2.24, 2.45) is 5.16 Å². The third kappa shape index (κ3) is 2.72. The van der Waals surface area contributed by atoms with Crippen LogP contribution in [0.15, 0.2) is 46.2 Å². The number of benzene rings is 1. The summed E-state index contributed by atoms with van der Waals surface area (Å²) in [5, 5.41) is 13.1. The Hall–Kier alpha value is -2.15. The van der Waals surface area contributed by atoms with Crippen LogP contribution in [0.5, 0.6) is 0 Å². The molecule has 1 aromatic heterocycles. The summed E-state index contributed by atoms with van der Waals surface area (Å²) in [5.74, 6) is 0.289. The van der Waals surface area contributed by atoms with Gasteiger partial charge in [-0.15, -0.1) is 0 Å². The van der Waals surface area contributed by atoms with Crippen LogP contribution in [0.1, 0.15) is 12.0 Å². The lowest BCUT2D eigenvalue weighted by Crippen LogP contribution is -2.28. The molecule has 1 aliphatic heterocycles. The molecule has 2 heterocycles. The highest BCUT2D eigenvalue weighted by Crippen LogP contribution is 2.20. The molecular weight excluding hydrogens is 324 g/mol. The van der Waals surface area contributed by atoms with Gasteiger partial charge in [-0.3, -0.25) is 9.89 Å². The molecule has 0 radical (unpaired) electrons. The highest BCUT2D eigenvalue weighted by molar-refractivity contribution is 9.10. The average molecular weight is 335 g/mol. The van der Waals surface area contributed by atoms with E-state index in [9.17, 15) is 4.79 Å². The quantitative estimate of drug-likeness (QED) is 0.903. The first-order valence-corrected chi connectivity index (χ1v) is 6.80. The van der Waals surface area contributed by atoms with Gasteiger partial charge >= 0.3 is 0 Å². The molecule has 20 heavy (non-hydrogen) atoms. The van der Waals surface area contributed by atoms with Crippen LogP contribution in [0, 0.1) is 0 Å². The average Bonchev–Trinajstić information content (AvgIpc) is 3.09. The van der Waals surface area contributed by atoms with E-state index < -0.39 is 6.10 Å². The van der Waals surface area contributed by atoms with Crippen LogP contribution in [0.2, 0.25) is 0 Å². The SMILES string of the molecule is O=C(Nc1ccn[nH]1)C1CC(c2cccc(Br)c2)=NO1. The predicted molar refractivity (Wildman–Crippen MR) is 77.4 cm³/mol. The zero-order valence-corrected chi connectivity index (χ0v) is 11.9. The molecule has 7 heteroatoms. The first kappa shape index (κ1) is 12.9. The molecule has 2 aromatic rings. The number of hydrogen-bond donors (Lipinski definition) is 2. The van der Waals surface area contributed by atoms with Crippen LogP contribution >= 0.6 is 15.9 Å². The van der Waals surface area contributed by atoms with Crippen molar-refractivity contribution < 1.29 is 9.63 Å². The van der Waals surface area contributed by atoms with Crippen molar-refractivity contribution in [2.45, 2.75) is 12.5 Å². The lowest BCUT2D eigenvalue weighted by molar-refractivity contribution is -0.125. The van der Waals surface area contributed by atoms with Crippen LogP contribution in [-0.4, -0.2) is 27.9 Å². The van der Waals surface area contributed by atoms with Gasteiger partial charge in [0.15, 0.2) is 0 Å². The number of aromatic nitrogens is 2. The number of aromatic amines is 1. The number of rotatable bonds is 3. The van der Waals surface area contributed by atoms with E-state index in [4.69, 9.17) is 4.84 Å². The van der Waals surface area contributed by atoms with Crippen LogP contribution in [0.25, 0.3) is 0 Å². The second-order valence-corrected chi connectivity index (χ2v) is 5.22. The van der Waals surface area contributed by atoms with Gasteiger partial charge in [0.05, 0.1) is 11.9 Å². The minimum atomic E-state index is -0.618. The molecule has 0 saturated heterocycles. The van der Waals surface area contributed by atoms with Crippen molar-refractivity contribution >= 4 is 33.4 Å². The summed E-state index contributed by atoms with van der Waals surface area (Å²) in [6.07, 6.45) is 1.39. The Balaban J connectivity index is 1.65. The zero-order chi connectivity index (χ0) is 13.9. The van der Waals surface area contributed by atoms with Crippen LogP contribution in [0.3, 0.4) is 0 Å². The molecule has 0 aliphatic carbocycles. The molecule has 1 unspecified atom stereocenters. The standard InChI is InChI=1S/C13H11BrN4O2/c14-9-3-1-2-8(6-9)10-7-11(20-18-10)13(19)16-12-4-5-15-17-12/h1-6,11H,7H2,(H2,15,16,17,19). The number of nitrogens with one attached hydrogen (secondary N) is 2. The van der Waals surface area contributed by atoms with Gasteiger partial charge in [-0.2, -0.15) is 5.10 Å². The number of carbonyl (C=O) groups is 1. The third-order valence-corrected chi connectivity index (χ3v) is 3.37. The number of H-pyrrole nitrogens is 1. The maximum Gasteiger partial charge on any atom is 0.269 e. The van der Waals surface area contributed by atoms with Crippen molar-refractivity contribution in [1.29, 1.82) is 0 Å². The van der Waals surface area contributed by atoms with Crippen LogP contribution < -0.4 is 5.32 Å². The number of oxime groups is 1. The van der Waals surface area contributed by atoms with E-state index in [0.717, 1.165) is 15.7 Å². The summed E-state index contributed by atoms with van der Waals surface area (Å²) in [6, 6.07) is 9.39. The van der Waals surface area contributed by atoms with Crippen molar-refractivity contribution in [3.8, 4) is 0 Å². The first-order valence-electron chi connectivity index (χ1n) is 6.01. The Kier molecular flexibility index (Phi) is 3.51. The normalized spacial score (nSPS) is 17.4. The topological polar surface area (TPSA) is 79.4 Å². The zero-order valence-electron chi connectivity index (χ0n) is 10.3. The van der Waals surface area contributed by atoms with Gasteiger partial charge < -0.3 is 10.2 Å². The fourth-order valence-electron chi connectivity index (χ4n) is 1.90. The molecule has 3 rings (SSSR count). The van der Waals surface area contributed by atoms with Crippen molar-refractivity contribution in [1.82, 2.24) is 10.2 Å². The maximum absolute atomic E-state index is 12.0. The number of carbonyl (C=O) groups excluding carboxylic acids is 1. The van der Waals surface area contributed by atoms with Gasteiger partial charge in [0.2, 0.25) is 6.10 Å². The lowest BCUT2D eigenvalue weighted by atomic mass is 10.0. The molecule has 0 spiro atoms. The Labute approximate surface area is 123 Å². The summed E-state index contributed by atoms with van der Waals surface area (Å²) >= 11 is 3.41. The Morgan fingerprint density at radius 2 is 2.35 bits per heavy atom. The highest BCUT2D eigenvalue weighted by atomic mass is 79.9. The van der Waals surface area contributed by atoms with Crippen molar-refractivity contribution in [3.05, 3.63) is 46.6 Å². The van der Waals surface area contributed by atoms with Gasteiger partial charge in [0, 0.05) is 22.5 Å². The number of hydrogen-bond acceptors (Lipinski definition) is 4. The fourth-order valence-corrected chi connectivity index (χ4v) is 2.29. The summed E-state index contributed by atoms with van der Waals surface area (Å²) in [4.78, 5) is 17.2. The third-order valence-electron chi connectivity index (χ3n) is 2.88. The molecule has 1 atom stereocenters. The molecule has 1 aromatic carbocycles. The van der Waals surface area contributed by atoms with Gasteiger partial charge in [0.1, 0.15) is 5.82 Å².